The molecule has 0 bridgehead atoms. The summed E-state index contributed by atoms with van der Waals surface area (Å²) in [6.45, 7) is 1.32. The van der Waals surface area contributed by atoms with E-state index >= 15 is 0 Å². The minimum atomic E-state index is -1.61. The van der Waals surface area contributed by atoms with Gasteiger partial charge in [0, 0.05) is 10.5 Å². The number of hydrogen-bond donors (Lipinski definition) is 4. The minimum Gasteiger partial charge on any atom is -0.508 e. The van der Waals surface area contributed by atoms with E-state index in [1.54, 1.807) is 6.07 Å². The molecule has 1 rings (SSSR count). The summed E-state index contributed by atoms with van der Waals surface area (Å²) in [5.41, 5.74) is 4.10. The van der Waals surface area contributed by atoms with Gasteiger partial charge in [-0.3, -0.25) is 0 Å². The van der Waals surface area contributed by atoms with Crippen molar-refractivity contribution in [3.8, 4) is 5.75 Å². The van der Waals surface area contributed by atoms with Crippen molar-refractivity contribution in [2.75, 3.05) is 0 Å². The summed E-state index contributed by atoms with van der Waals surface area (Å²) in [5, 5.41) is 18.3. The van der Waals surface area contributed by atoms with Gasteiger partial charge in [0.2, 0.25) is 0 Å². The van der Waals surface area contributed by atoms with E-state index in [0.717, 1.165) is 0 Å². The third-order valence-electron chi connectivity index (χ3n) is 1.98. The highest BCUT2D eigenvalue weighted by Crippen LogP contribution is 2.29. The quantitative estimate of drug-likeness (QED) is 0.551. The molecule has 1 aromatic carbocycles. The fourth-order valence-electron chi connectivity index (χ4n) is 1.06. The fourth-order valence-corrected chi connectivity index (χ4v) is 1.26. The number of thiol groups is 1. The zero-order valence-electron chi connectivity index (χ0n) is 7.56. The molecule has 0 heterocycles. The van der Waals surface area contributed by atoms with E-state index in [2.05, 4.69) is 12.6 Å². The van der Waals surface area contributed by atoms with E-state index in [0.29, 0.717) is 4.90 Å². The van der Waals surface area contributed by atoms with Crippen molar-refractivity contribution in [1.29, 1.82) is 0 Å². The van der Waals surface area contributed by atoms with Crippen LogP contribution in [0.25, 0.3) is 0 Å². The molecule has 0 spiro atoms. The molecule has 0 saturated heterocycles. The van der Waals surface area contributed by atoms with Crippen LogP contribution in [-0.2, 0) is 10.3 Å². The molecule has 76 valence electrons. The average molecular weight is 213 g/mol. The Bertz CT molecular complexity index is 376. The van der Waals surface area contributed by atoms with Crippen molar-refractivity contribution < 1.29 is 15.0 Å². The van der Waals surface area contributed by atoms with E-state index in [1.807, 2.05) is 0 Å². The van der Waals surface area contributed by atoms with Gasteiger partial charge in [-0.1, -0.05) is 0 Å². The Morgan fingerprint density at radius 2 is 2.14 bits per heavy atom. The highest BCUT2D eigenvalue weighted by Gasteiger charge is 2.32. The molecule has 1 atom stereocenters. The molecule has 1 aromatic rings. The summed E-state index contributed by atoms with van der Waals surface area (Å²) in [6.07, 6.45) is 0. The number of nitrogens with two attached hydrogens (primary N) is 1. The van der Waals surface area contributed by atoms with E-state index in [1.165, 1.54) is 19.1 Å². The van der Waals surface area contributed by atoms with Crippen LogP contribution in [0.15, 0.2) is 23.1 Å². The lowest BCUT2D eigenvalue weighted by Crippen LogP contribution is -2.41. The number of carbonyl (C=O) groups is 1. The summed E-state index contributed by atoms with van der Waals surface area (Å²) in [7, 11) is 0. The number of carboxylic acid groups (broad SMARTS) is 1. The van der Waals surface area contributed by atoms with Gasteiger partial charge in [0.1, 0.15) is 11.3 Å². The lowest BCUT2D eigenvalue weighted by molar-refractivity contribution is -0.143. The van der Waals surface area contributed by atoms with Crippen LogP contribution < -0.4 is 5.73 Å². The molecule has 0 aliphatic rings. The monoisotopic (exact) mass is 213 g/mol. The van der Waals surface area contributed by atoms with Crippen molar-refractivity contribution in [3.63, 3.8) is 0 Å². The second-order valence-corrected chi connectivity index (χ2v) is 3.73. The molecule has 0 aliphatic carbocycles. The fraction of sp³-hybridized carbons (Fsp3) is 0.222. The van der Waals surface area contributed by atoms with E-state index in [4.69, 9.17) is 10.8 Å². The number of phenolic OH excluding ortho intramolecular Hbond substituents is 1. The standard InChI is InChI=1S/C9H11NO3S/c1-9(10,8(12)13)6-4-5(14)2-3-7(6)11/h2-4,11,14H,10H2,1H3,(H,12,13)/t9-/m0/s1. The van der Waals surface area contributed by atoms with Gasteiger partial charge in [-0.05, 0) is 25.1 Å². The molecule has 0 aromatic heterocycles. The molecule has 0 unspecified atom stereocenters. The van der Waals surface area contributed by atoms with Crippen LogP contribution >= 0.6 is 12.6 Å². The van der Waals surface area contributed by atoms with Gasteiger partial charge < -0.3 is 15.9 Å². The van der Waals surface area contributed by atoms with Crippen LogP contribution in [0.4, 0.5) is 0 Å². The van der Waals surface area contributed by atoms with Gasteiger partial charge in [-0.15, -0.1) is 12.6 Å². The molecular weight excluding hydrogens is 202 g/mol. The third-order valence-corrected chi connectivity index (χ3v) is 2.26. The first-order valence-electron chi connectivity index (χ1n) is 3.90. The number of phenols is 1. The largest absolute Gasteiger partial charge is 0.508 e. The van der Waals surface area contributed by atoms with Gasteiger partial charge >= 0.3 is 5.97 Å². The van der Waals surface area contributed by atoms with Crippen LogP contribution in [-0.4, -0.2) is 16.2 Å². The SMILES string of the molecule is C[C@@](N)(C(=O)O)c1cc(S)ccc1O. The third kappa shape index (κ3) is 1.83. The Morgan fingerprint density at radius 3 is 2.64 bits per heavy atom. The number of aliphatic carboxylic acids is 1. The van der Waals surface area contributed by atoms with Crippen molar-refractivity contribution in [2.24, 2.45) is 5.73 Å². The maximum absolute atomic E-state index is 10.8. The maximum atomic E-state index is 10.8. The van der Waals surface area contributed by atoms with Crippen molar-refractivity contribution in [3.05, 3.63) is 23.8 Å². The summed E-state index contributed by atoms with van der Waals surface area (Å²) >= 11 is 4.04. The first kappa shape index (κ1) is 10.9. The number of rotatable bonds is 2. The Morgan fingerprint density at radius 1 is 1.57 bits per heavy atom. The second-order valence-electron chi connectivity index (χ2n) is 3.21. The van der Waals surface area contributed by atoms with Crippen molar-refractivity contribution in [2.45, 2.75) is 17.4 Å². The average Bonchev–Trinajstić information content (AvgIpc) is 2.08. The predicted octanol–water partition coefficient (Wildman–Crippen LogP) is 0.939. The first-order valence-corrected chi connectivity index (χ1v) is 4.35. The van der Waals surface area contributed by atoms with Gasteiger partial charge in [-0.25, -0.2) is 4.79 Å². The minimum absolute atomic E-state index is 0.143. The molecule has 14 heavy (non-hydrogen) atoms. The van der Waals surface area contributed by atoms with Crippen LogP contribution in [0.5, 0.6) is 5.75 Å². The Kier molecular flexibility index (Phi) is 2.73. The Hall–Kier alpha value is -1.20. The van der Waals surface area contributed by atoms with Gasteiger partial charge in [0.15, 0.2) is 0 Å². The second kappa shape index (κ2) is 3.51. The predicted molar refractivity (Wildman–Crippen MR) is 54.5 cm³/mol. The molecule has 0 radical (unpaired) electrons. The highest BCUT2D eigenvalue weighted by molar-refractivity contribution is 7.80. The van der Waals surface area contributed by atoms with E-state index in [9.17, 15) is 9.90 Å². The number of aromatic hydroxyl groups is 1. The molecular formula is C9H11NO3S. The molecule has 4 N–H and O–H groups in total. The number of hydrogen-bond acceptors (Lipinski definition) is 4. The normalized spacial score (nSPS) is 14.8. The van der Waals surface area contributed by atoms with Crippen LogP contribution in [0.3, 0.4) is 0 Å². The van der Waals surface area contributed by atoms with Gasteiger partial charge in [0.25, 0.3) is 0 Å². The Balaban J connectivity index is 3.31. The van der Waals surface area contributed by atoms with Crippen molar-refractivity contribution >= 4 is 18.6 Å². The maximum Gasteiger partial charge on any atom is 0.328 e. The lowest BCUT2D eigenvalue weighted by atomic mass is 9.92. The zero-order chi connectivity index (χ0) is 10.9. The van der Waals surface area contributed by atoms with Crippen molar-refractivity contribution in [1.82, 2.24) is 0 Å². The smallest absolute Gasteiger partial charge is 0.328 e. The number of benzene rings is 1. The lowest BCUT2D eigenvalue weighted by Gasteiger charge is -2.20. The molecule has 0 saturated carbocycles. The first-order chi connectivity index (χ1) is 6.35. The van der Waals surface area contributed by atoms with Crippen LogP contribution in [0, 0.1) is 0 Å². The summed E-state index contributed by atoms with van der Waals surface area (Å²) in [4.78, 5) is 11.4. The molecule has 5 heteroatoms. The van der Waals surface area contributed by atoms with Crippen LogP contribution in [0.2, 0.25) is 0 Å². The summed E-state index contributed by atoms with van der Waals surface area (Å²) < 4.78 is 0. The van der Waals surface area contributed by atoms with Gasteiger partial charge in [-0.2, -0.15) is 0 Å². The number of carboxylic acids is 1. The Labute approximate surface area is 86.8 Å². The van der Waals surface area contributed by atoms with Crippen LogP contribution in [0.1, 0.15) is 12.5 Å². The summed E-state index contributed by atoms with van der Waals surface area (Å²) in [5.74, 6) is -1.35. The zero-order valence-corrected chi connectivity index (χ0v) is 8.45. The highest BCUT2D eigenvalue weighted by atomic mass is 32.1. The molecule has 0 amide bonds. The topological polar surface area (TPSA) is 83.6 Å². The summed E-state index contributed by atoms with van der Waals surface area (Å²) in [6, 6.07) is 4.36. The van der Waals surface area contributed by atoms with E-state index < -0.39 is 11.5 Å². The molecule has 0 fully saturated rings. The van der Waals surface area contributed by atoms with E-state index in [-0.39, 0.29) is 11.3 Å². The molecule has 0 aliphatic heterocycles. The van der Waals surface area contributed by atoms with Gasteiger partial charge in [0.05, 0.1) is 0 Å². The molecule has 4 nitrogen and oxygen atoms in total.